The summed E-state index contributed by atoms with van der Waals surface area (Å²) in [5, 5.41) is 7.68. The number of piperidine rings is 1. The van der Waals surface area contributed by atoms with Crippen molar-refractivity contribution < 1.29 is 4.79 Å². The van der Waals surface area contributed by atoms with Crippen LogP contribution >= 0.6 is 11.8 Å². The van der Waals surface area contributed by atoms with Crippen LogP contribution in [0.1, 0.15) is 20.3 Å². The highest BCUT2D eigenvalue weighted by molar-refractivity contribution is 7.99. The average Bonchev–Trinajstić information content (AvgIpc) is 3.01. The predicted octanol–water partition coefficient (Wildman–Crippen LogP) is 2.46. The Bertz CT molecular complexity index is 650. The van der Waals surface area contributed by atoms with Crippen LogP contribution in [-0.4, -0.2) is 49.8 Å². The molecule has 122 valence electrons. The number of H-pyrrole nitrogens is 1. The zero-order chi connectivity index (χ0) is 16.2. The zero-order valence-electron chi connectivity index (χ0n) is 13.4. The molecule has 3 heterocycles. The average molecular weight is 331 g/mol. The van der Waals surface area contributed by atoms with Gasteiger partial charge in [-0.25, -0.2) is 4.98 Å². The van der Waals surface area contributed by atoms with Gasteiger partial charge in [-0.2, -0.15) is 0 Å². The minimum absolute atomic E-state index is 0.170. The summed E-state index contributed by atoms with van der Waals surface area (Å²) in [7, 11) is 0. The third-order valence-corrected chi connectivity index (χ3v) is 4.80. The van der Waals surface area contributed by atoms with Crippen molar-refractivity contribution in [1.82, 2.24) is 25.1 Å². The van der Waals surface area contributed by atoms with E-state index in [4.69, 9.17) is 0 Å². The smallest absolute Gasteiger partial charge is 0.233 e. The van der Waals surface area contributed by atoms with Gasteiger partial charge in [-0.3, -0.25) is 14.9 Å². The largest absolute Gasteiger partial charge is 0.341 e. The van der Waals surface area contributed by atoms with Gasteiger partial charge in [-0.1, -0.05) is 25.6 Å². The normalized spacial score (nSPS) is 21.4. The predicted molar refractivity (Wildman–Crippen MR) is 89.9 cm³/mol. The van der Waals surface area contributed by atoms with Crippen LogP contribution < -0.4 is 0 Å². The zero-order valence-corrected chi connectivity index (χ0v) is 14.2. The van der Waals surface area contributed by atoms with Crippen molar-refractivity contribution in [3.63, 3.8) is 0 Å². The lowest BCUT2D eigenvalue weighted by Gasteiger charge is -2.34. The number of nitrogens with one attached hydrogen (secondary N) is 1. The van der Waals surface area contributed by atoms with Gasteiger partial charge in [0.05, 0.1) is 5.75 Å². The number of hydrogen-bond donors (Lipinski definition) is 1. The van der Waals surface area contributed by atoms with E-state index >= 15 is 0 Å². The van der Waals surface area contributed by atoms with Gasteiger partial charge in [0.1, 0.15) is 0 Å². The van der Waals surface area contributed by atoms with Crippen LogP contribution in [0.15, 0.2) is 29.7 Å². The Labute approximate surface area is 140 Å². The first-order valence-electron chi connectivity index (χ1n) is 7.85. The molecule has 0 bridgehead atoms. The van der Waals surface area contributed by atoms with Crippen molar-refractivity contribution in [2.75, 3.05) is 18.8 Å². The maximum atomic E-state index is 12.4. The summed E-state index contributed by atoms with van der Waals surface area (Å²) in [4.78, 5) is 22.8. The summed E-state index contributed by atoms with van der Waals surface area (Å²) in [5.74, 6) is 2.41. The van der Waals surface area contributed by atoms with Gasteiger partial charge in [0.25, 0.3) is 0 Å². The van der Waals surface area contributed by atoms with E-state index in [1.807, 2.05) is 17.0 Å². The molecule has 0 radical (unpaired) electrons. The van der Waals surface area contributed by atoms with Gasteiger partial charge in [0.2, 0.25) is 11.1 Å². The summed E-state index contributed by atoms with van der Waals surface area (Å²) in [6, 6.07) is 3.74. The summed E-state index contributed by atoms with van der Waals surface area (Å²) >= 11 is 1.38. The van der Waals surface area contributed by atoms with E-state index in [2.05, 4.69) is 34.0 Å². The Morgan fingerprint density at radius 2 is 2.00 bits per heavy atom. The number of aromatic amines is 1. The maximum absolute atomic E-state index is 12.4. The third kappa shape index (κ3) is 4.10. The summed E-state index contributed by atoms with van der Waals surface area (Å²) in [6.07, 6.45) is 4.63. The van der Waals surface area contributed by atoms with Gasteiger partial charge in [-0.05, 0) is 30.4 Å². The summed E-state index contributed by atoms with van der Waals surface area (Å²) in [5.41, 5.74) is 0.935. The Morgan fingerprint density at radius 1 is 1.30 bits per heavy atom. The van der Waals surface area contributed by atoms with Crippen LogP contribution in [0.3, 0.4) is 0 Å². The van der Waals surface area contributed by atoms with E-state index < -0.39 is 0 Å². The molecule has 0 saturated carbocycles. The van der Waals surface area contributed by atoms with Crippen molar-refractivity contribution in [2.24, 2.45) is 11.8 Å². The number of thioether (sulfide) groups is 1. The second kappa shape index (κ2) is 7.12. The number of hydrogen-bond acceptors (Lipinski definition) is 5. The maximum Gasteiger partial charge on any atom is 0.233 e. The lowest BCUT2D eigenvalue weighted by Crippen LogP contribution is -2.43. The van der Waals surface area contributed by atoms with Crippen LogP contribution in [0.4, 0.5) is 0 Å². The number of carbonyl (C=O) groups is 1. The van der Waals surface area contributed by atoms with E-state index in [9.17, 15) is 4.79 Å². The Morgan fingerprint density at radius 3 is 2.70 bits per heavy atom. The Balaban J connectivity index is 1.56. The molecule has 2 aromatic rings. The van der Waals surface area contributed by atoms with E-state index in [1.165, 1.54) is 18.2 Å². The highest BCUT2D eigenvalue weighted by Crippen LogP contribution is 2.23. The molecule has 23 heavy (non-hydrogen) atoms. The Kier molecular flexibility index (Phi) is 4.95. The molecule has 1 aliphatic rings. The lowest BCUT2D eigenvalue weighted by atomic mass is 9.92. The van der Waals surface area contributed by atoms with Crippen LogP contribution in [0, 0.1) is 11.8 Å². The van der Waals surface area contributed by atoms with Crippen molar-refractivity contribution >= 4 is 17.7 Å². The second-order valence-electron chi connectivity index (χ2n) is 6.24. The lowest BCUT2D eigenvalue weighted by molar-refractivity contribution is -0.130. The van der Waals surface area contributed by atoms with Gasteiger partial charge in [0.15, 0.2) is 5.82 Å². The van der Waals surface area contributed by atoms with Gasteiger partial charge in [0, 0.05) is 31.0 Å². The molecule has 1 N–H and O–H groups in total. The van der Waals surface area contributed by atoms with Crippen molar-refractivity contribution in [1.29, 1.82) is 0 Å². The number of amides is 1. The first-order chi connectivity index (χ1) is 11.1. The van der Waals surface area contributed by atoms with E-state index in [0.717, 1.165) is 18.7 Å². The molecule has 6 nitrogen and oxygen atoms in total. The quantitative estimate of drug-likeness (QED) is 0.871. The number of rotatable bonds is 4. The topological polar surface area (TPSA) is 74.8 Å². The molecule has 1 saturated heterocycles. The number of likely N-dealkylation sites (tertiary alicyclic amines) is 1. The highest BCUT2D eigenvalue weighted by atomic mass is 32.2. The third-order valence-electron chi connectivity index (χ3n) is 3.96. The van der Waals surface area contributed by atoms with E-state index in [1.54, 1.807) is 12.4 Å². The minimum atomic E-state index is 0.170. The van der Waals surface area contributed by atoms with Crippen LogP contribution in [0.5, 0.6) is 0 Å². The number of pyridine rings is 1. The second-order valence-corrected chi connectivity index (χ2v) is 7.18. The monoisotopic (exact) mass is 331 g/mol. The molecule has 0 unspecified atom stereocenters. The van der Waals surface area contributed by atoms with Gasteiger partial charge < -0.3 is 4.90 Å². The molecule has 1 amide bonds. The molecule has 1 aliphatic heterocycles. The molecule has 1 fully saturated rings. The van der Waals surface area contributed by atoms with E-state index in [-0.39, 0.29) is 5.91 Å². The van der Waals surface area contributed by atoms with Crippen molar-refractivity contribution in [2.45, 2.75) is 25.4 Å². The van der Waals surface area contributed by atoms with Gasteiger partial charge >= 0.3 is 0 Å². The molecule has 3 rings (SSSR count). The molecular formula is C16H21N5OS. The fourth-order valence-electron chi connectivity index (χ4n) is 3.03. The van der Waals surface area contributed by atoms with Crippen LogP contribution in [-0.2, 0) is 4.79 Å². The molecule has 2 aromatic heterocycles. The summed E-state index contributed by atoms with van der Waals surface area (Å²) < 4.78 is 0. The molecule has 0 spiro atoms. The Hall–Kier alpha value is -1.89. The molecule has 0 aliphatic carbocycles. The number of carbonyl (C=O) groups excluding carboxylic acids is 1. The fraction of sp³-hybridized carbons (Fsp3) is 0.500. The molecule has 7 heteroatoms. The SMILES string of the molecule is C[C@@H]1C[C@H](C)CN(C(=O)CSc2n[nH]c(-c3ccncc3)n2)C1. The minimum Gasteiger partial charge on any atom is -0.341 e. The van der Waals surface area contributed by atoms with Crippen molar-refractivity contribution in [3.05, 3.63) is 24.5 Å². The first-order valence-corrected chi connectivity index (χ1v) is 8.83. The number of nitrogens with zero attached hydrogens (tertiary/aromatic N) is 4. The van der Waals surface area contributed by atoms with Crippen molar-refractivity contribution in [3.8, 4) is 11.4 Å². The molecular weight excluding hydrogens is 310 g/mol. The molecule has 2 atom stereocenters. The highest BCUT2D eigenvalue weighted by Gasteiger charge is 2.25. The standard InChI is InChI=1S/C16H21N5OS/c1-11-7-12(2)9-21(8-11)14(22)10-23-16-18-15(19-20-16)13-3-5-17-6-4-13/h3-6,11-12H,7-10H2,1-2H3,(H,18,19,20)/t11-,12+. The summed E-state index contributed by atoms with van der Waals surface area (Å²) in [6.45, 7) is 6.14. The van der Waals surface area contributed by atoms with Crippen LogP contribution in [0.2, 0.25) is 0 Å². The van der Waals surface area contributed by atoms with E-state index in [0.29, 0.717) is 28.6 Å². The van der Waals surface area contributed by atoms with Crippen LogP contribution in [0.25, 0.3) is 11.4 Å². The van der Waals surface area contributed by atoms with Gasteiger partial charge in [-0.15, -0.1) is 5.10 Å². The number of aromatic nitrogens is 4. The first kappa shape index (κ1) is 16.0. The fourth-order valence-corrected chi connectivity index (χ4v) is 3.74. The molecule has 0 aromatic carbocycles.